The number of carbonyl (C=O) groups excluding carboxylic acids is 2. The van der Waals surface area contributed by atoms with E-state index in [-0.39, 0.29) is 36.3 Å². The maximum absolute atomic E-state index is 13.4. The molecule has 4 N–H and O–H groups in total. The fraction of sp³-hybridized carbons (Fsp3) is 0.308. The second kappa shape index (κ2) is 13.1. The van der Waals surface area contributed by atoms with Crippen LogP contribution in [0, 0.1) is 10.1 Å². The van der Waals surface area contributed by atoms with Gasteiger partial charge in [-0.3, -0.25) is 24.9 Å². The number of hydroxylamine groups is 1. The van der Waals surface area contributed by atoms with Gasteiger partial charge in [0, 0.05) is 37.6 Å². The van der Waals surface area contributed by atoms with E-state index in [0.29, 0.717) is 17.8 Å². The van der Waals surface area contributed by atoms with Crippen molar-refractivity contribution < 1.29 is 29.6 Å². The van der Waals surface area contributed by atoms with Crippen LogP contribution in [0.4, 0.5) is 5.69 Å². The molecule has 0 saturated carbocycles. The fourth-order valence-electron chi connectivity index (χ4n) is 3.98. The maximum atomic E-state index is 13.4. The minimum Gasteiger partial charge on any atom is -0.478 e. The molecule has 3 aromatic rings. The summed E-state index contributed by atoms with van der Waals surface area (Å²) in [5.41, 5.74) is 3.33. The average molecular weight is 524 g/mol. The van der Waals surface area contributed by atoms with Crippen LogP contribution < -0.4 is 10.8 Å². The number of nitro groups is 1. The van der Waals surface area contributed by atoms with Crippen molar-refractivity contribution in [3.05, 3.63) is 93.1 Å². The number of unbranched alkanes of at least 4 members (excludes halogenated alkanes) is 1. The number of carbonyl (C=O) groups is 3. The molecule has 1 heterocycles. The van der Waals surface area contributed by atoms with Crippen LogP contribution in [-0.4, -0.2) is 48.6 Å². The summed E-state index contributed by atoms with van der Waals surface area (Å²) < 4.78 is 1.76. The van der Waals surface area contributed by atoms with E-state index in [0.717, 1.165) is 18.4 Å². The molecule has 0 bridgehead atoms. The highest BCUT2D eigenvalue weighted by Crippen LogP contribution is 2.17. The summed E-state index contributed by atoms with van der Waals surface area (Å²) in [6.07, 6.45) is 3.83. The summed E-state index contributed by atoms with van der Waals surface area (Å²) in [4.78, 5) is 51.3. The lowest BCUT2D eigenvalue weighted by Crippen LogP contribution is -2.41. The van der Waals surface area contributed by atoms with Gasteiger partial charge in [0.1, 0.15) is 11.5 Å². The number of nitrogens with one attached hydrogen (secondary N) is 2. The molecule has 0 aliphatic carbocycles. The van der Waals surface area contributed by atoms with Crippen LogP contribution in [0.1, 0.15) is 64.0 Å². The van der Waals surface area contributed by atoms with Crippen molar-refractivity contribution in [1.82, 2.24) is 20.3 Å². The first-order chi connectivity index (χ1) is 18.2. The largest absolute Gasteiger partial charge is 0.478 e. The average Bonchev–Trinajstić information content (AvgIpc) is 3.30. The Bertz CT molecular complexity index is 1290. The minimum atomic E-state index is -1.03. The van der Waals surface area contributed by atoms with E-state index in [1.165, 1.54) is 30.5 Å². The molecule has 0 radical (unpaired) electrons. The third-order valence-corrected chi connectivity index (χ3v) is 5.99. The van der Waals surface area contributed by atoms with Gasteiger partial charge in [-0.15, -0.1) is 0 Å². The number of nitrogens with zero attached hydrogens (tertiary/aromatic N) is 3. The zero-order chi connectivity index (χ0) is 27.7. The Labute approximate surface area is 218 Å². The molecule has 0 aliphatic rings. The number of imidazole rings is 1. The Balaban J connectivity index is 1.85. The predicted octanol–water partition coefficient (Wildman–Crippen LogP) is 3.12. The molecule has 0 saturated heterocycles. The van der Waals surface area contributed by atoms with Crippen molar-refractivity contribution in [2.45, 2.75) is 51.6 Å². The number of benzene rings is 2. The third-order valence-electron chi connectivity index (χ3n) is 5.99. The van der Waals surface area contributed by atoms with Crippen LogP contribution in [0.5, 0.6) is 0 Å². The van der Waals surface area contributed by atoms with E-state index in [1.807, 2.05) is 6.92 Å². The van der Waals surface area contributed by atoms with E-state index in [4.69, 9.17) is 10.3 Å². The van der Waals surface area contributed by atoms with Crippen LogP contribution in [-0.2, 0) is 24.2 Å². The van der Waals surface area contributed by atoms with E-state index in [2.05, 4.69) is 10.3 Å². The molecule has 0 aliphatic heterocycles. The zero-order valence-corrected chi connectivity index (χ0v) is 20.8. The lowest BCUT2D eigenvalue weighted by Gasteiger charge is -2.19. The molecule has 0 unspecified atom stereocenters. The van der Waals surface area contributed by atoms with Gasteiger partial charge in [0.2, 0.25) is 5.91 Å². The fourth-order valence-corrected chi connectivity index (χ4v) is 3.98. The van der Waals surface area contributed by atoms with Gasteiger partial charge in [0.05, 0.1) is 16.7 Å². The molecule has 12 heteroatoms. The number of carboxylic acids is 1. The summed E-state index contributed by atoms with van der Waals surface area (Å²) >= 11 is 0. The standard InChI is InChI=1S/C26H29N5O7/c1-2-3-4-23-27-15-22(30(23)16-18-5-9-19(10-6-18)26(34)35)25(33)28-20(14-24(32)29-36)13-17-7-11-21(12-8-17)31(37)38/h5-12,15,20,36H,2-4,13-14,16H2,1H3,(H,28,33)(H,29,32)(H,34,35)/t20-/m1/s1. The number of amides is 2. The van der Waals surface area contributed by atoms with Gasteiger partial charge in [-0.25, -0.2) is 15.3 Å². The second-order valence-corrected chi connectivity index (χ2v) is 8.79. The van der Waals surface area contributed by atoms with E-state index < -0.39 is 28.7 Å². The predicted molar refractivity (Wildman–Crippen MR) is 136 cm³/mol. The van der Waals surface area contributed by atoms with Crippen molar-refractivity contribution in [3.8, 4) is 0 Å². The quantitative estimate of drug-likeness (QED) is 0.150. The number of aromatic carboxylic acids is 1. The monoisotopic (exact) mass is 523 g/mol. The van der Waals surface area contributed by atoms with Crippen molar-refractivity contribution in [3.63, 3.8) is 0 Å². The Morgan fingerprint density at radius 1 is 1.08 bits per heavy atom. The highest BCUT2D eigenvalue weighted by molar-refractivity contribution is 5.93. The number of non-ortho nitro benzene ring substituents is 1. The number of rotatable bonds is 13. The first-order valence-corrected chi connectivity index (χ1v) is 12.1. The topological polar surface area (TPSA) is 177 Å². The first-order valence-electron chi connectivity index (χ1n) is 12.1. The number of hydrogen-bond donors (Lipinski definition) is 4. The van der Waals surface area contributed by atoms with Crippen molar-refractivity contribution in [2.75, 3.05) is 0 Å². The van der Waals surface area contributed by atoms with Crippen LogP contribution in [0.15, 0.2) is 54.7 Å². The Morgan fingerprint density at radius 2 is 1.74 bits per heavy atom. The molecule has 2 aromatic carbocycles. The molecular formula is C26H29N5O7. The molecule has 2 amide bonds. The van der Waals surface area contributed by atoms with Crippen molar-refractivity contribution in [1.29, 1.82) is 0 Å². The summed E-state index contributed by atoms with van der Waals surface area (Å²) in [7, 11) is 0. The number of carboxylic acid groups (broad SMARTS) is 1. The molecule has 3 rings (SSSR count). The normalized spacial score (nSPS) is 11.5. The summed E-state index contributed by atoms with van der Waals surface area (Å²) in [5, 5.41) is 31.9. The Kier molecular flexibility index (Phi) is 9.66. The van der Waals surface area contributed by atoms with Crippen LogP contribution >= 0.6 is 0 Å². The molecule has 38 heavy (non-hydrogen) atoms. The lowest BCUT2D eigenvalue weighted by molar-refractivity contribution is -0.384. The smallest absolute Gasteiger partial charge is 0.335 e. The molecule has 0 spiro atoms. The second-order valence-electron chi connectivity index (χ2n) is 8.79. The lowest BCUT2D eigenvalue weighted by atomic mass is 10.0. The van der Waals surface area contributed by atoms with Crippen LogP contribution in [0.25, 0.3) is 0 Å². The zero-order valence-electron chi connectivity index (χ0n) is 20.8. The molecule has 0 fully saturated rings. The molecule has 200 valence electrons. The highest BCUT2D eigenvalue weighted by atomic mass is 16.6. The van der Waals surface area contributed by atoms with Crippen molar-refractivity contribution >= 4 is 23.5 Å². The van der Waals surface area contributed by atoms with Gasteiger partial charge in [0.15, 0.2) is 0 Å². The van der Waals surface area contributed by atoms with Gasteiger partial charge < -0.3 is 15.0 Å². The Morgan fingerprint density at radius 3 is 2.32 bits per heavy atom. The minimum absolute atomic E-state index is 0.0812. The summed E-state index contributed by atoms with van der Waals surface area (Å²) in [6.45, 7) is 2.33. The third kappa shape index (κ3) is 7.46. The Hall–Kier alpha value is -4.58. The SMILES string of the molecule is CCCCc1ncc(C(=O)N[C@@H](CC(=O)NO)Cc2ccc([N+](=O)[O-])cc2)n1Cc1ccc(C(=O)O)cc1. The highest BCUT2D eigenvalue weighted by Gasteiger charge is 2.22. The molecule has 1 aromatic heterocycles. The number of aromatic nitrogens is 2. The number of nitro benzene ring substituents is 1. The number of aryl methyl sites for hydroxylation is 1. The first kappa shape index (κ1) is 28.0. The summed E-state index contributed by atoms with van der Waals surface area (Å²) in [6, 6.07) is 11.4. The van der Waals surface area contributed by atoms with Crippen molar-refractivity contribution in [2.24, 2.45) is 0 Å². The number of hydrogen-bond acceptors (Lipinski definition) is 7. The van der Waals surface area contributed by atoms with Gasteiger partial charge in [-0.1, -0.05) is 37.6 Å². The molecule has 1 atom stereocenters. The van der Waals surface area contributed by atoms with Crippen LogP contribution in [0.2, 0.25) is 0 Å². The maximum Gasteiger partial charge on any atom is 0.335 e. The van der Waals surface area contributed by atoms with Gasteiger partial charge >= 0.3 is 5.97 Å². The van der Waals surface area contributed by atoms with E-state index in [9.17, 15) is 24.5 Å². The molecular weight excluding hydrogens is 494 g/mol. The molecule has 12 nitrogen and oxygen atoms in total. The van der Waals surface area contributed by atoms with Gasteiger partial charge in [-0.2, -0.15) is 0 Å². The summed E-state index contributed by atoms with van der Waals surface area (Å²) in [5.74, 6) is -1.53. The van der Waals surface area contributed by atoms with E-state index >= 15 is 0 Å². The van der Waals surface area contributed by atoms with Gasteiger partial charge in [-0.05, 0) is 36.1 Å². The van der Waals surface area contributed by atoms with E-state index in [1.54, 1.807) is 34.3 Å². The van der Waals surface area contributed by atoms with Crippen LogP contribution in [0.3, 0.4) is 0 Å². The van der Waals surface area contributed by atoms with Gasteiger partial charge in [0.25, 0.3) is 11.6 Å².